The quantitative estimate of drug-likeness (QED) is 0.114. The highest BCUT2D eigenvalue weighted by atomic mass is 16.7. The standard InChI is InChI=1S/C28H22N2O4.C26H18N2O3/c1-2-4-21(5-3-1)33-22-9-7-20(8-10-22)30-24-14-15-29-25-18-19(6-11-23(24)25)26-12-13-27(34-26)28-31-16-17-32-28;29-17-22-11-13-26(31-22)18-6-12-23-24(14-15-27-25(23)16-18)28-19-7-9-21(10-8-19)30-20-4-2-1-3-5-20/h1-15,18,28H,16-17H2,(H,29,30);1-17H,(H,27,28). The number of carbonyl (C=O) groups is 1. The van der Waals surface area contributed by atoms with Gasteiger partial charge in [-0.1, -0.05) is 48.5 Å². The second-order valence-corrected chi connectivity index (χ2v) is 14.9. The van der Waals surface area contributed by atoms with Gasteiger partial charge in [0, 0.05) is 57.0 Å². The van der Waals surface area contributed by atoms with Crippen LogP contribution in [0.2, 0.25) is 0 Å². The molecular formula is C54H40N4O7. The van der Waals surface area contributed by atoms with Crippen LogP contribution in [0.5, 0.6) is 23.0 Å². The Kier molecular flexibility index (Phi) is 11.8. The van der Waals surface area contributed by atoms with Crippen molar-refractivity contribution in [3.05, 3.63) is 206 Å². The van der Waals surface area contributed by atoms with Crippen molar-refractivity contribution < 1.29 is 32.6 Å². The van der Waals surface area contributed by atoms with Crippen LogP contribution in [0.4, 0.5) is 22.7 Å². The average Bonchev–Trinajstić information content (AvgIpc) is 4.18. The summed E-state index contributed by atoms with van der Waals surface area (Å²) in [6.45, 7) is 1.16. The molecule has 5 heterocycles. The summed E-state index contributed by atoms with van der Waals surface area (Å²) in [6.07, 6.45) is 3.84. The first-order valence-corrected chi connectivity index (χ1v) is 21.0. The maximum atomic E-state index is 10.9. The first-order chi connectivity index (χ1) is 32.1. The molecule has 1 aliphatic rings. The van der Waals surface area contributed by atoms with Gasteiger partial charge in [-0.15, -0.1) is 0 Å². The SMILES string of the molecule is O=Cc1ccc(-c2ccc3c(Nc4ccc(Oc5ccccc5)cc4)ccnc3c2)o1.c1ccc(Oc2ccc(Nc3ccnc4cc(-c5ccc(C6OCCO6)o5)ccc34)cc2)cc1. The topological polar surface area (TPSA) is 130 Å². The van der Waals surface area contributed by atoms with Crippen molar-refractivity contribution in [1.29, 1.82) is 0 Å². The number of hydrogen-bond donors (Lipinski definition) is 2. The molecule has 0 bridgehead atoms. The van der Waals surface area contributed by atoms with Gasteiger partial charge in [-0.3, -0.25) is 14.8 Å². The zero-order valence-corrected chi connectivity index (χ0v) is 34.8. The second-order valence-electron chi connectivity index (χ2n) is 14.9. The highest BCUT2D eigenvalue weighted by molar-refractivity contribution is 5.96. The summed E-state index contributed by atoms with van der Waals surface area (Å²) in [5.41, 5.74) is 7.34. The largest absolute Gasteiger partial charge is 0.457 e. The van der Waals surface area contributed by atoms with Crippen LogP contribution >= 0.6 is 0 Å². The molecule has 11 rings (SSSR count). The Bertz CT molecular complexity index is 3180. The van der Waals surface area contributed by atoms with Gasteiger partial charge in [-0.2, -0.15) is 0 Å². The lowest BCUT2D eigenvalue weighted by Gasteiger charge is -2.11. The fraction of sp³-hybridized carbons (Fsp3) is 0.0556. The van der Waals surface area contributed by atoms with Crippen molar-refractivity contribution >= 4 is 50.8 Å². The lowest BCUT2D eigenvalue weighted by atomic mass is 10.1. The van der Waals surface area contributed by atoms with Gasteiger partial charge in [0.25, 0.3) is 0 Å². The van der Waals surface area contributed by atoms with Crippen molar-refractivity contribution in [2.75, 3.05) is 23.8 Å². The van der Waals surface area contributed by atoms with Gasteiger partial charge >= 0.3 is 0 Å². The summed E-state index contributed by atoms with van der Waals surface area (Å²) in [5, 5.41) is 8.93. The maximum absolute atomic E-state index is 10.9. The molecule has 1 aliphatic heterocycles. The fourth-order valence-electron chi connectivity index (χ4n) is 7.32. The molecule has 2 N–H and O–H groups in total. The molecule has 318 valence electrons. The number of aldehydes is 1. The van der Waals surface area contributed by atoms with E-state index in [1.807, 2.05) is 164 Å². The molecule has 65 heavy (non-hydrogen) atoms. The third-order valence-corrected chi connectivity index (χ3v) is 10.5. The predicted molar refractivity (Wildman–Crippen MR) is 251 cm³/mol. The predicted octanol–water partition coefficient (Wildman–Crippen LogP) is 13.9. The van der Waals surface area contributed by atoms with Crippen LogP contribution in [0.25, 0.3) is 44.5 Å². The Morgan fingerprint density at radius 1 is 0.492 bits per heavy atom. The van der Waals surface area contributed by atoms with Gasteiger partial charge < -0.3 is 38.4 Å². The number of rotatable bonds is 12. The maximum Gasteiger partial charge on any atom is 0.217 e. The number of pyridine rings is 2. The number of furan rings is 2. The fourth-order valence-corrected chi connectivity index (χ4v) is 7.32. The van der Waals surface area contributed by atoms with Crippen molar-refractivity contribution in [2.24, 2.45) is 0 Å². The molecule has 6 aromatic carbocycles. The zero-order chi connectivity index (χ0) is 43.8. The third-order valence-electron chi connectivity index (χ3n) is 10.5. The summed E-state index contributed by atoms with van der Waals surface area (Å²) in [7, 11) is 0. The molecule has 10 aromatic rings. The Labute approximate surface area is 373 Å². The minimum absolute atomic E-state index is 0.304. The minimum Gasteiger partial charge on any atom is -0.457 e. The number of aromatic nitrogens is 2. The van der Waals surface area contributed by atoms with Crippen LogP contribution in [0.15, 0.2) is 203 Å². The van der Waals surface area contributed by atoms with Crippen LogP contribution in [-0.4, -0.2) is 29.5 Å². The normalized spacial score (nSPS) is 12.4. The molecule has 0 radical (unpaired) electrons. The molecule has 0 spiro atoms. The van der Waals surface area contributed by atoms with Gasteiger partial charge in [0.15, 0.2) is 17.8 Å². The van der Waals surface area contributed by atoms with Crippen LogP contribution in [0.3, 0.4) is 0 Å². The molecule has 1 fully saturated rings. The highest BCUT2D eigenvalue weighted by Crippen LogP contribution is 2.35. The van der Waals surface area contributed by atoms with Gasteiger partial charge in [-0.05, 0) is 133 Å². The number of anilines is 4. The van der Waals surface area contributed by atoms with E-state index >= 15 is 0 Å². The molecular weight excluding hydrogens is 817 g/mol. The average molecular weight is 857 g/mol. The zero-order valence-electron chi connectivity index (χ0n) is 34.8. The summed E-state index contributed by atoms with van der Waals surface area (Å²) < 4.78 is 34.3. The monoisotopic (exact) mass is 856 g/mol. The van der Waals surface area contributed by atoms with E-state index < -0.39 is 6.29 Å². The lowest BCUT2D eigenvalue weighted by Crippen LogP contribution is -1.95. The van der Waals surface area contributed by atoms with Crippen molar-refractivity contribution in [2.45, 2.75) is 6.29 Å². The van der Waals surface area contributed by atoms with E-state index in [0.29, 0.717) is 36.8 Å². The highest BCUT2D eigenvalue weighted by Gasteiger charge is 2.22. The van der Waals surface area contributed by atoms with Gasteiger partial charge in [0.2, 0.25) is 6.29 Å². The molecule has 0 atom stereocenters. The van der Waals surface area contributed by atoms with Gasteiger partial charge in [-0.25, -0.2) is 0 Å². The molecule has 4 aromatic heterocycles. The molecule has 0 saturated carbocycles. The minimum atomic E-state index is -0.424. The third kappa shape index (κ3) is 9.62. The first kappa shape index (κ1) is 40.6. The van der Waals surface area contributed by atoms with Crippen LogP contribution in [0, 0.1) is 0 Å². The Hall–Kier alpha value is -8.51. The molecule has 0 amide bonds. The Morgan fingerprint density at radius 3 is 1.46 bits per heavy atom. The summed E-state index contributed by atoms with van der Waals surface area (Å²) in [6, 6.07) is 58.3. The van der Waals surface area contributed by atoms with E-state index in [4.69, 9.17) is 27.8 Å². The van der Waals surface area contributed by atoms with E-state index in [2.05, 4.69) is 26.7 Å². The summed E-state index contributed by atoms with van der Waals surface area (Å²) >= 11 is 0. The van der Waals surface area contributed by atoms with E-state index in [1.165, 1.54) is 0 Å². The first-order valence-electron chi connectivity index (χ1n) is 21.0. The molecule has 11 heteroatoms. The van der Waals surface area contributed by atoms with Crippen LogP contribution < -0.4 is 20.1 Å². The van der Waals surface area contributed by atoms with Crippen molar-refractivity contribution in [3.8, 4) is 45.6 Å². The second kappa shape index (κ2) is 18.9. The van der Waals surface area contributed by atoms with E-state index in [9.17, 15) is 4.79 Å². The van der Waals surface area contributed by atoms with E-state index in [0.717, 1.165) is 84.4 Å². The lowest BCUT2D eigenvalue weighted by molar-refractivity contribution is -0.0585. The van der Waals surface area contributed by atoms with Crippen LogP contribution in [-0.2, 0) is 9.47 Å². The van der Waals surface area contributed by atoms with Crippen LogP contribution in [0.1, 0.15) is 22.6 Å². The summed E-state index contributed by atoms with van der Waals surface area (Å²) in [5.74, 6) is 5.54. The van der Waals surface area contributed by atoms with Crippen molar-refractivity contribution in [3.63, 3.8) is 0 Å². The number of benzene rings is 6. The van der Waals surface area contributed by atoms with Gasteiger partial charge in [0.05, 0.1) is 24.2 Å². The van der Waals surface area contributed by atoms with E-state index in [-0.39, 0.29) is 0 Å². The molecule has 0 aliphatic carbocycles. The number of carbonyl (C=O) groups excluding carboxylic acids is 1. The molecule has 11 nitrogen and oxygen atoms in total. The number of hydrogen-bond acceptors (Lipinski definition) is 11. The number of nitrogens with one attached hydrogen (secondary N) is 2. The molecule has 1 saturated heterocycles. The number of ether oxygens (including phenoxy) is 4. The molecule has 0 unspecified atom stereocenters. The summed E-state index contributed by atoms with van der Waals surface area (Å²) in [4.78, 5) is 19.9. The number of nitrogens with zero attached hydrogens (tertiary/aromatic N) is 2. The Morgan fingerprint density at radius 2 is 0.969 bits per heavy atom. The van der Waals surface area contributed by atoms with E-state index in [1.54, 1.807) is 24.5 Å². The van der Waals surface area contributed by atoms with Crippen molar-refractivity contribution in [1.82, 2.24) is 9.97 Å². The number of fused-ring (bicyclic) bond motifs is 2. The Balaban J connectivity index is 0.000000154. The number of para-hydroxylation sites is 2. The smallest absolute Gasteiger partial charge is 0.217 e. The van der Waals surface area contributed by atoms with Gasteiger partial charge in [0.1, 0.15) is 34.5 Å².